The lowest BCUT2D eigenvalue weighted by Crippen LogP contribution is -2.71. The second-order valence-corrected chi connectivity index (χ2v) is 19.3. The average molecular weight is 877 g/mol. The third-order valence-corrected chi connectivity index (χ3v) is 12.9. The van der Waals surface area contributed by atoms with E-state index in [-0.39, 0.29) is 30.5 Å². The van der Waals surface area contributed by atoms with Crippen LogP contribution in [0.1, 0.15) is 71.3 Å². The molecule has 2 amide bonds. The van der Waals surface area contributed by atoms with E-state index in [0.29, 0.717) is 18.1 Å². The number of esters is 1. The van der Waals surface area contributed by atoms with Crippen LogP contribution in [0.3, 0.4) is 0 Å². The maximum absolute atomic E-state index is 12.9. The number of fused-ring (bicyclic) bond motifs is 2. The van der Waals surface area contributed by atoms with Crippen molar-refractivity contribution in [3.05, 3.63) is 75.5 Å². The molecule has 0 bridgehead atoms. The highest BCUT2D eigenvalue weighted by Crippen LogP contribution is 2.45. The van der Waals surface area contributed by atoms with Crippen LogP contribution in [0.2, 0.25) is 0 Å². The van der Waals surface area contributed by atoms with Crippen LogP contribution in [0, 0.1) is 10.1 Å². The molecule has 3 heterocycles. The molecule has 3 aliphatic rings. The molecule has 56 heavy (non-hydrogen) atoms. The minimum Gasteiger partial charge on any atom is -0.484 e. The summed E-state index contributed by atoms with van der Waals surface area (Å²) in [6.45, 7) is 5.00. The van der Waals surface area contributed by atoms with E-state index in [9.17, 15) is 28.7 Å². The highest BCUT2D eigenvalue weighted by atomic mass is 35.6. The summed E-state index contributed by atoms with van der Waals surface area (Å²) in [4.78, 5) is 49.6. The van der Waals surface area contributed by atoms with Crippen molar-refractivity contribution in [3.63, 3.8) is 0 Å². The first kappa shape index (κ1) is 45.5. The monoisotopic (exact) mass is 875 g/mol. The normalized spacial score (nSPS) is 19.5. The number of halogens is 3. The number of β-lactam (4-membered cyclic amide) rings is 1. The molecule has 2 aromatic carbocycles. The molecule has 0 saturated carbocycles. The fourth-order valence-corrected chi connectivity index (χ4v) is 9.17. The highest BCUT2D eigenvalue weighted by molar-refractivity contribution is 8.00. The maximum atomic E-state index is 12.9. The Morgan fingerprint density at radius 3 is 2.48 bits per heavy atom. The zero-order chi connectivity index (χ0) is 40.8. The number of carbonyl (C=O) groups excluding carboxylic acids is 3. The van der Waals surface area contributed by atoms with Gasteiger partial charge in [-0.2, -0.15) is 0 Å². The average Bonchev–Trinajstić information content (AvgIpc) is 3.64. The first-order chi connectivity index (χ1) is 26.7. The van der Waals surface area contributed by atoms with Gasteiger partial charge in [-0.1, -0.05) is 105 Å². The minimum atomic E-state index is -1.85. The van der Waals surface area contributed by atoms with Gasteiger partial charge in [-0.25, -0.2) is 4.79 Å². The maximum Gasteiger partial charge on any atom is 0.355 e. The van der Waals surface area contributed by atoms with Crippen LogP contribution in [-0.2, 0) is 36.3 Å². The van der Waals surface area contributed by atoms with Gasteiger partial charge in [0.2, 0.25) is 17.1 Å². The molecule has 0 spiro atoms. The molecule has 4 unspecified atom stereocenters. The number of rotatable bonds is 19. The fourth-order valence-electron chi connectivity index (χ4n) is 6.17. The van der Waals surface area contributed by atoms with Gasteiger partial charge in [0.15, 0.2) is 18.1 Å². The molecule has 2 aromatic rings. The number of thioether (sulfide) groups is 1. The molecular formula is C38H48Cl3N3O10S2. The van der Waals surface area contributed by atoms with Crippen LogP contribution in [-0.4, -0.2) is 89.8 Å². The van der Waals surface area contributed by atoms with Crippen LogP contribution in [0.25, 0.3) is 0 Å². The first-order valence-corrected chi connectivity index (χ1v) is 21.9. The molecule has 1 N–H and O–H groups in total. The summed E-state index contributed by atoms with van der Waals surface area (Å²) in [6, 6.07) is 13.7. The van der Waals surface area contributed by atoms with Gasteiger partial charge in [0.05, 0.1) is 0 Å². The zero-order valence-electron chi connectivity index (χ0n) is 31.5. The number of alkyl halides is 3. The van der Waals surface area contributed by atoms with E-state index in [4.69, 9.17) is 53.8 Å². The minimum absolute atomic E-state index is 0.0672. The van der Waals surface area contributed by atoms with Crippen molar-refractivity contribution in [1.82, 2.24) is 10.2 Å². The lowest BCUT2D eigenvalue weighted by Gasteiger charge is -2.51. The van der Waals surface area contributed by atoms with E-state index in [1.807, 2.05) is 18.2 Å². The smallest absolute Gasteiger partial charge is 0.355 e. The third-order valence-electron chi connectivity index (χ3n) is 9.12. The fraction of sp³-hybridized carbons (Fsp3) is 0.553. The molecule has 5 atom stereocenters. The van der Waals surface area contributed by atoms with Gasteiger partial charge in [0, 0.05) is 38.4 Å². The van der Waals surface area contributed by atoms with Crippen molar-refractivity contribution in [2.45, 2.75) is 97.8 Å². The molecule has 13 nitrogen and oxygen atoms in total. The number of benzene rings is 2. The summed E-state index contributed by atoms with van der Waals surface area (Å²) >= 11 is 18.2. The van der Waals surface area contributed by atoms with Gasteiger partial charge in [0.25, 0.3) is 11.8 Å². The quantitative estimate of drug-likeness (QED) is 0.0381. The number of amides is 2. The van der Waals surface area contributed by atoms with Gasteiger partial charge in [-0.05, 0) is 55.2 Å². The Morgan fingerprint density at radius 1 is 1.09 bits per heavy atom. The standard InChI is InChI=1S/C20H20Cl3N3O7S.C18H28O3S/c1-11-13(7-8-25(30)31)34-18-15(24-14(27)9-32-12-5-3-2-4-6-12)17(28)26(18)16(11)19(29)33-10-20(21,22)23;1-3-4-5-6-7-8-11-22(19)15(2)12-16-9-10-17-18(13-16)21-14-20-17/h2-6,13,15,18H,7-10H2,1H3,(H,24,27);9-10,13,15H,3-8,11-12,14H2,1-2H3/t13?,15?,18-;/m1./s1. The molecule has 1 saturated heterocycles. The van der Waals surface area contributed by atoms with E-state index in [2.05, 4.69) is 19.2 Å². The van der Waals surface area contributed by atoms with Crippen LogP contribution in [0.4, 0.5) is 0 Å². The number of hydrogen-bond donors (Lipinski definition) is 1. The molecule has 5 rings (SSSR count). The predicted molar refractivity (Wildman–Crippen MR) is 218 cm³/mol. The summed E-state index contributed by atoms with van der Waals surface area (Å²) in [5, 5.41) is 12.6. The first-order valence-electron chi connectivity index (χ1n) is 18.5. The Morgan fingerprint density at radius 2 is 1.79 bits per heavy atom. The van der Waals surface area contributed by atoms with E-state index >= 15 is 0 Å². The molecule has 0 aromatic heterocycles. The zero-order valence-corrected chi connectivity index (χ0v) is 35.4. The highest BCUT2D eigenvalue weighted by Gasteiger charge is 2.56. The SMILES string of the molecule is CC1=C(C(=O)OCC(Cl)(Cl)Cl)N2C(=O)C(NC(=O)COc3ccccc3)[C@H]2SC1CC[N+](=O)[O-].CCCCCCCCS(=O)C(C)Cc1ccc2c(c1)OCO2. The van der Waals surface area contributed by atoms with Crippen molar-refractivity contribution in [2.24, 2.45) is 0 Å². The Kier molecular flexibility index (Phi) is 17.9. The van der Waals surface area contributed by atoms with Crippen molar-refractivity contribution < 1.29 is 42.5 Å². The second kappa shape index (κ2) is 22.1. The van der Waals surface area contributed by atoms with Crippen LogP contribution >= 0.6 is 46.6 Å². The number of nitrogens with one attached hydrogen (secondary N) is 1. The van der Waals surface area contributed by atoms with Crippen molar-refractivity contribution in [1.29, 1.82) is 0 Å². The molecule has 18 heteroatoms. The summed E-state index contributed by atoms with van der Waals surface area (Å²) in [7, 11) is -0.743. The van der Waals surface area contributed by atoms with Gasteiger partial charge in [-0.3, -0.25) is 28.8 Å². The second-order valence-electron chi connectivity index (χ2n) is 13.5. The Balaban J connectivity index is 0.000000273. The molecule has 0 radical (unpaired) electrons. The number of nitro groups is 1. The van der Waals surface area contributed by atoms with Gasteiger partial charge in [-0.15, -0.1) is 11.8 Å². The van der Waals surface area contributed by atoms with Gasteiger partial charge < -0.3 is 24.3 Å². The predicted octanol–water partition coefficient (Wildman–Crippen LogP) is 7.14. The number of para-hydroxylation sites is 1. The van der Waals surface area contributed by atoms with Crippen molar-refractivity contribution >= 4 is 75.1 Å². The Hall–Kier alpha value is -3.24. The topological polar surface area (TPSA) is 164 Å². The number of ether oxygens (including phenoxy) is 4. The molecular weight excluding hydrogens is 829 g/mol. The Labute approximate surface area is 349 Å². The molecule has 3 aliphatic heterocycles. The summed E-state index contributed by atoms with van der Waals surface area (Å²) in [5.74, 6) is 0.984. The molecule has 308 valence electrons. The van der Waals surface area contributed by atoms with E-state index in [0.717, 1.165) is 30.1 Å². The van der Waals surface area contributed by atoms with Gasteiger partial charge >= 0.3 is 5.97 Å². The lowest BCUT2D eigenvalue weighted by atomic mass is 10.00. The number of unbranched alkanes of at least 4 members (excludes halogenated alkanes) is 5. The largest absolute Gasteiger partial charge is 0.484 e. The number of hydrogen-bond acceptors (Lipinski definition) is 11. The molecule has 1 fully saturated rings. The lowest BCUT2D eigenvalue weighted by molar-refractivity contribution is -0.480. The summed E-state index contributed by atoms with van der Waals surface area (Å²) in [6.07, 6.45) is 8.43. The van der Waals surface area contributed by atoms with Crippen LogP contribution < -0.4 is 19.5 Å². The van der Waals surface area contributed by atoms with Crippen molar-refractivity contribution in [2.75, 3.05) is 32.3 Å². The third kappa shape index (κ3) is 13.7. The van der Waals surface area contributed by atoms with Gasteiger partial charge in [0.1, 0.15) is 29.5 Å². The summed E-state index contributed by atoms with van der Waals surface area (Å²) in [5.41, 5.74) is 1.54. The van der Waals surface area contributed by atoms with E-state index < -0.39 is 60.6 Å². The van der Waals surface area contributed by atoms with Crippen LogP contribution in [0.15, 0.2) is 59.8 Å². The number of carbonyl (C=O) groups is 3. The van der Waals surface area contributed by atoms with E-state index in [1.54, 1.807) is 37.3 Å². The van der Waals surface area contributed by atoms with E-state index in [1.165, 1.54) is 54.3 Å². The Bertz CT molecular complexity index is 1730. The van der Waals surface area contributed by atoms with Crippen LogP contribution in [0.5, 0.6) is 17.2 Å². The van der Waals surface area contributed by atoms with Crippen molar-refractivity contribution in [3.8, 4) is 17.2 Å². The molecule has 0 aliphatic carbocycles. The number of nitrogens with zero attached hydrogens (tertiary/aromatic N) is 2. The summed E-state index contributed by atoms with van der Waals surface area (Å²) < 4.78 is 31.6.